The average Bonchev–Trinajstić information content (AvgIpc) is 2.92. The summed E-state index contributed by atoms with van der Waals surface area (Å²) in [5.41, 5.74) is 0. The van der Waals surface area contributed by atoms with Crippen LogP contribution in [0.4, 0.5) is 5.13 Å². The third-order valence-corrected chi connectivity index (χ3v) is 4.64. The molecule has 0 atom stereocenters. The number of rotatable bonds is 10. The third-order valence-electron chi connectivity index (χ3n) is 3.64. The van der Waals surface area contributed by atoms with E-state index in [2.05, 4.69) is 48.2 Å². The number of carbonyl (C=O) groups is 1. The minimum Gasteiger partial charge on any atom is -0.306 e. The van der Waals surface area contributed by atoms with Crippen molar-refractivity contribution in [2.45, 2.75) is 58.8 Å². The van der Waals surface area contributed by atoms with Gasteiger partial charge in [0.15, 0.2) is 0 Å². The number of hydrogen-bond acceptors (Lipinski definition) is 5. The van der Waals surface area contributed by atoms with Gasteiger partial charge in [-0.25, -0.2) is 0 Å². The number of unbranched alkanes of at least 4 members (excludes halogenated alkanes) is 1. The minimum atomic E-state index is 0.0191. The van der Waals surface area contributed by atoms with Crippen LogP contribution in [-0.4, -0.2) is 41.1 Å². The zero-order valence-electron chi connectivity index (χ0n) is 13.7. The second kappa shape index (κ2) is 9.84. The van der Waals surface area contributed by atoms with Crippen LogP contribution in [0.25, 0.3) is 0 Å². The summed E-state index contributed by atoms with van der Waals surface area (Å²) in [5, 5.41) is 12.8. The Morgan fingerprint density at radius 1 is 1.24 bits per heavy atom. The maximum Gasteiger partial charge on any atom is 0.227 e. The van der Waals surface area contributed by atoms with E-state index in [4.69, 9.17) is 0 Å². The van der Waals surface area contributed by atoms with Crippen LogP contribution in [0, 0.1) is 0 Å². The zero-order chi connectivity index (χ0) is 15.7. The van der Waals surface area contributed by atoms with Crippen molar-refractivity contribution in [3.8, 4) is 0 Å². The molecule has 0 fully saturated rings. The number of hydrogen-bond donors (Lipinski definition) is 1. The van der Waals surface area contributed by atoms with Crippen molar-refractivity contribution in [3.63, 3.8) is 0 Å². The first-order chi connectivity index (χ1) is 10.1. The molecule has 1 aromatic rings. The molecule has 0 unspecified atom stereocenters. The van der Waals surface area contributed by atoms with E-state index in [0.717, 1.165) is 30.9 Å². The molecule has 21 heavy (non-hydrogen) atoms. The van der Waals surface area contributed by atoms with Crippen LogP contribution in [0.15, 0.2) is 0 Å². The largest absolute Gasteiger partial charge is 0.306 e. The maximum absolute atomic E-state index is 11.9. The standard InChI is InChI=1S/C15H28N4OS/c1-5-8-10-19(4)11-9-13(20)16-15-18-17-14(21-15)12(6-2)7-3/h12H,5-11H2,1-4H3,(H,16,18,20). The molecule has 0 saturated carbocycles. The summed E-state index contributed by atoms with van der Waals surface area (Å²) in [6.45, 7) is 8.30. The van der Waals surface area contributed by atoms with E-state index >= 15 is 0 Å². The van der Waals surface area contributed by atoms with Gasteiger partial charge in [-0.1, -0.05) is 38.5 Å². The van der Waals surface area contributed by atoms with Gasteiger partial charge < -0.3 is 10.2 Å². The first kappa shape index (κ1) is 18.0. The van der Waals surface area contributed by atoms with Crippen LogP contribution in [0.2, 0.25) is 0 Å². The lowest BCUT2D eigenvalue weighted by molar-refractivity contribution is -0.116. The highest BCUT2D eigenvalue weighted by Gasteiger charge is 2.14. The monoisotopic (exact) mass is 312 g/mol. The molecular weight excluding hydrogens is 284 g/mol. The van der Waals surface area contributed by atoms with Crippen molar-refractivity contribution in [3.05, 3.63) is 5.01 Å². The van der Waals surface area contributed by atoms with Gasteiger partial charge in [0.25, 0.3) is 0 Å². The van der Waals surface area contributed by atoms with Gasteiger partial charge in [0.2, 0.25) is 11.0 Å². The smallest absolute Gasteiger partial charge is 0.227 e. The van der Waals surface area contributed by atoms with Crippen molar-refractivity contribution >= 4 is 22.4 Å². The molecule has 0 spiro atoms. The summed E-state index contributed by atoms with van der Waals surface area (Å²) in [6.07, 6.45) is 4.97. The van der Waals surface area contributed by atoms with Crippen LogP contribution in [0.5, 0.6) is 0 Å². The first-order valence-electron chi connectivity index (χ1n) is 7.92. The summed E-state index contributed by atoms with van der Waals surface area (Å²) in [5.74, 6) is 0.471. The maximum atomic E-state index is 11.9. The van der Waals surface area contributed by atoms with Crippen LogP contribution in [0.1, 0.15) is 63.8 Å². The highest BCUT2D eigenvalue weighted by atomic mass is 32.1. The van der Waals surface area contributed by atoms with E-state index in [1.807, 2.05) is 0 Å². The van der Waals surface area contributed by atoms with E-state index in [0.29, 0.717) is 17.5 Å². The molecule has 1 rings (SSSR count). The molecule has 6 heteroatoms. The number of aromatic nitrogens is 2. The van der Waals surface area contributed by atoms with E-state index in [-0.39, 0.29) is 5.91 Å². The first-order valence-corrected chi connectivity index (χ1v) is 8.74. The van der Waals surface area contributed by atoms with Gasteiger partial charge in [0.1, 0.15) is 5.01 Å². The van der Waals surface area contributed by atoms with Crippen molar-refractivity contribution in [2.24, 2.45) is 0 Å². The summed E-state index contributed by atoms with van der Waals surface area (Å²) in [4.78, 5) is 14.1. The summed E-state index contributed by atoms with van der Waals surface area (Å²) < 4.78 is 0. The molecule has 1 amide bonds. The number of carbonyl (C=O) groups excluding carboxylic acids is 1. The second-order valence-electron chi connectivity index (χ2n) is 5.41. The van der Waals surface area contributed by atoms with E-state index in [1.165, 1.54) is 24.2 Å². The van der Waals surface area contributed by atoms with Gasteiger partial charge in [-0.15, -0.1) is 10.2 Å². The quantitative estimate of drug-likeness (QED) is 0.718. The van der Waals surface area contributed by atoms with Crippen LogP contribution >= 0.6 is 11.3 Å². The van der Waals surface area contributed by atoms with Crippen molar-refractivity contribution in [2.75, 3.05) is 25.5 Å². The highest BCUT2D eigenvalue weighted by Crippen LogP contribution is 2.27. The molecule has 0 aliphatic heterocycles. The molecule has 0 aliphatic carbocycles. The van der Waals surface area contributed by atoms with Crippen molar-refractivity contribution in [1.82, 2.24) is 15.1 Å². The summed E-state index contributed by atoms with van der Waals surface area (Å²) in [6, 6.07) is 0. The molecule has 0 bridgehead atoms. The number of anilines is 1. The molecular formula is C15H28N4OS. The average molecular weight is 312 g/mol. The zero-order valence-corrected chi connectivity index (χ0v) is 14.5. The summed E-state index contributed by atoms with van der Waals surface area (Å²) >= 11 is 1.50. The Kier molecular flexibility index (Phi) is 8.45. The van der Waals surface area contributed by atoms with Gasteiger partial charge in [-0.2, -0.15) is 0 Å². The Morgan fingerprint density at radius 2 is 1.95 bits per heavy atom. The van der Waals surface area contributed by atoms with Gasteiger partial charge in [-0.3, -0.25) is 4.79 Å². The fourth-order valence-corrected chi connectivity index (χ4v) is 3.13. The number of nitrogens with one attached hydrogen (secondary N) is 1. The Balaban J connectivity index is 2.38. The fraction of sp³-hybridized carbons (Fsp3) is 0.800. The Morgan fingerprint density at radius 3 is 2.57 bits per heavy atom. The van der Waals surface area contributed by atoms with Gasteiger partial charge in [0, 0.05) is 18.9 Å². The lowest BCUT2D eigenvalue weighted by atomic mass is 10.1. The Bertz CT molecular complexity index is 418. The van der Waals surface area contributed by atoms with Crippen LogP contribution in [-0.2, 0) is 4.79 Å². The molecule has 120 valence electrons. The molecule has 0 aromatic carbocycles. The van der Waals surface area contributed by atoms with E-state index < -0.39 is 0 Å². The molecule has 1 heterocycles. The minimum absolute atomic E-state index is 0.0191. The third kappa shape index (κ3) is 6.52. The Labute approximate surface area is 132 Å². The Hall–Kier alpha value is -1.01. The fourth-order valence-electron chi connectivity index (χ4n) is 2.10. The van der Waals surface area contributed by atoms with Crippen LogP contribution in [0.3, 0.4) is 0 Å². The molecule has 0 aliphatic rings. The van der Waals surface area contributed by atoms with E-state index in [9.17, 15) is 4.79 Å². The number of nitrogens with zero attached hydrogens (tertiary/aromatic N) is 3. The molecule has 0 saturated heterocycles. The van der Waals surface area contributed by atoms with Crippen molar-refractivity contribution < 1.29 is 4.79 Å². The molecule has 0 radical (unpaired) electrons. The molecule has 1 N–H and O–H groups in total. The van der Waals surface area contributed by atoms with Gasteiger partial charge in [-0.05, 0) is 32.9 Å². The lowest BCUT2D eigenvalue weighted by Gasteiger charge is -2.15. The van der Waals surface area contributed by atoms with E-state index in [1.54, 1.807) is 0 Å². The van der Waals surface area contributed by atoms with Gasteiger partial charge >= 0.3 is 0 Å². The second-order valence-corrected chi connectivity index (χ2v) is 6.42. The van der Waals surface area contributed by atoms with Crippen LogP contribution < -0.4 is 5.32 Å². The normalized spacial score (nSPS) is 11.3. The highest BCUT2D eigenvalue weighted by molar-refractivity contribution is 7.15. The molecule has 5 nitrogen and oxygen atoms in total. The molecule has 1 aromatic heterocycles. The summed E-state index contributed by atoms with van der Waals surface area (Å²) in [7, 11) is 2.05. The lowest BCUT2D eigenvalue weighted by Crippen LogP contribution is -2.25. The topological polar surface area (TPSA) is 58.1 Å². The predicted molar refractivity (Wildman–Crippen MR) is 88.9 cm³/mol. The predicted octanol–water partition coefficient (Wildman–Crippen LogP) is 3.50. The van der Waals surface area contributed by atoms with Gasteiger partial charge in [0.05, 0.1) is 0 Å². The SMILES string of the molecule is CCCCN(C)CCC(=O)Nc1nnc(C(CC)CC)s1. The number of amides is 1. The van der Waals surface area contributed by atoms with Crippen molar-refractivity contribution in [1.29, 1.82) is 0 Å².